The Morgan fingerprint density at radius 2 is 1.27 bits per heavy atom. The van der Waals surface area contributed by atoms with Gasteiger partial charge in [-0.3, -0.25) is 24.2 Å². The van der Waals surface area contributed by atoms with Crippen molar-refractivity contribution in [2.24, 2.45) is 0 Å². The highest BCUT2D eigenvalue weighted by atomic mass is 16.6. The molecule has 22 heavy (non-hydrogen) atoms. The number of aliphatic hydroxyl groups excluding tert-OH is 2. The van der Waals surface area contributed by atoms with Gasteiger partial charge in [0.15, 0.2) is 0 Å². The van der Waals surface area contributed by atoms with E-state index in [0.717, 1.165) is 4.90 Å². The Bertz CT molecular complexity index is 361. The van der Waals surface area contributed by atoms with Gasteiger partial charge in [0.25, 0.3) is 0 Å². The molecule has 0 aromatic rings. The number of carboxylic acids is 3. The van der Waals surface area contributed by atoms with Gasteiger partial charge >= 0.3 is 17.9 Å². The van der Waals surface area contributed by atoms with E-state index in [0.29, 0.717) is 0 Å². The number of carboxylic acid groups (broad SMARTS) is 3. The number of hydrogen-bond acceptors (Lipinski definition) is 8. The maximum Gasteiger partial charge on any atom is 0.317 e. The Morgan fingerprint density at radius 3 is 1.68 bits per heavy atom. The lowest BCUT2D eigenvalue weighted by Gasteiger charge is -2.26. The first-order valence-corrected chi connectivity index (χ1v) is 6.21. The Morgan fingerprint density at radius 1 is 0.864 bits per heavy atom. The molecule has 0 amide bonds. The lowest BCUT2D eigenvalue weighted by atomic mass is 10.3. The summed E-state index contributed by atoms with van der Waals surface area (Å²) in [4.78, 5) is 34.1. The molecule has 11 nitrogen and oxygen atoms in total. The zero-order valence-electron chi connectivity index (χ0n) is 11.8. The Kier molecular flexibility index (Phi) is 9.98. The van der Waals surface area contributed by atoms with Gasteiger partial charge in [0.2, 0.25) is 0 Å². The number of ether oxygens (including phenoxy) is 1. The quantitative estimate of drug-likeness (QED) is 0.221. The molecule has 0 radical (unpaired) electrons. The number of hydrogen-bond donors (Lipinski definition) is 5. The van der Waals surface area contributed by atoms with Gasteiger partial charge < -0.3 is 30.3 Å². The van der Waals surface area contributed by atoms with E-state index in [1.165, 1.54) is 4.90 Å². The second-order valence-corrected chi connectivity index (χ2v) is 4.48. The van der Waals surface area contributed by atoms with Crippen molar-refractivity contribution in [2.45, 2.75) is 6.10 Å². The van der Waals surface area contributed by atoms with Crippen LogP contribution in [0.5, 0.6) is 0 Å². The van der Waals surface area contributed by atoms with Crippen LogP contribution in [0.2, 0.25) is 0 Å². The molecule has 0 saturated heterocycles. The Balaban J connectivity index is 4.53. The summed E-state index contributed by atoms with van der Waals surface area (Å²) in [5.74, 6) is -3.68. The van der Waals surface area contributed by atoms with Crippen molar-refractivity contribution in [1.82, 2.24) is 9.80 Å². The van der Waals surface area contributed by atoms with Crippen LogP contribution >= 0.6 is 0 Å². The summed E-state index contributed by atoms with van der Waals surface area (Å²) in [6, 6.07) is 0. The van der Waals surface area contributed by atoms with Crippen LogP contribution in [-0.2, 0) is 19.1 Å². The van der Waals surface area contributed by atoms with E-state index >= 15 is 0 Å². The summed E-state index contributed by atoms with van der Waals surface area (Å²) < 4.78 is 4.64. The molecule has 0 spiro atoms. The van der Waals surface area contributed by atoms with Gasteiger partial charge in [0.05, 0.1) is 25.7 Å². The number of aliphatic carboxylic acids is 3. The van der Waals surface area contributed by atoms with Crippen molar-refractivity contribution in [3.63, 3.8) is 0 Å². The molecule has 11 heteroatoms. The fraction of sp³-hybridized carbons (Fsp3) is 0.727. The zero-order valence-corrected chi connectivity index (χ0v) is 11.8. The Hall–Kier alpha value is -1.79. The van der Waals surface area contributed by atoms with E-state index in [1.54, 1.807) is 0 Å². The maximum absolute atomic E-state index is 10.7. The molecule has 0 saturated carbocycles. The largest absolute Gasteiger partial charge is 0.480 e. The highest BCUT2D eigenvalue weighted by Crippen LogP contribution is 1.98. The van der Waals surface area contributed by atoms with Gasteiger partial charge in [-0.15, -0.1) is 0 Å². The number of rotatable bonds is 13. The summed E-state index contributed by atoms with van der Waals surface area (Å²) >= 11 is 0. The summed E-state index contributed by atoms with van der Waals surface area (Å²) in [6.07, 6.45) is -1.19. The van der Waals surface area contributed by atoms with Crippen molar-refractivity contribution < 1.29 is 44.7 Å². The first kappa shape index (κ1) is 20.2. The van der Waals surface area contributed by atoms with Gasteiger partial charge in [-0.05, 0) is 0 Å². The number of nitrogens with zero attached hydrogens (tertiary/aromatic N) is 2. The molecule has 0 bridgehead atoms. The molecule has 0 aromatic carbocycles. The summed E-state index contributed by atoms with van der Waals surface area (Å²) in [6.45, 7) is -2.95. The normalized spacial score (nSPS) is 12.5. The third-order valence-corrected chi connectivity index (χ3v) is 2.38. The van der Waals surface area contributed by atoms with Crippen molar-refractivity contribution >= 4 is 17.9 Å². The molecule has 5 N–H and O–H groups in total. The van der Waals surface area contributed by atoms with Crippen LogP contribution < -0.4 is 0 Å². The van der Waals surface area contributed by atoms with E-state index < -0.39 is 50.4 Å². The number of aliphatic hydroxyl groups is 2. The molecular weight excluding hydrogens is 304 g/mol. The predicted molar refractivity (Wildman–Crippen MR) is 70.0 cm³/mol. The average molecular weight is 324 g/mol. The molecule has 0 rings (SSSR count). The molecular formula is C11H20N2O9. The molecule has 1 atom stereocenters. The van der Waals surface area contributed by atoms with Crippen LogP contribution in [0.1, 0.15) is 0 Å². The molecule has 1 unspecified atom stereocenters. The Labute approximate surface area is 125 Å². The lowest BCUT2D eigenvalue weighted by molar-refractivity contribution is -0.142. The van der Waals surface area contributed by atoms with Gasteiger partial charge in [-0.2, -0.15) is 0 Å². The van der Waals surface area contributed by atoms with Gasteiger partial charge in [-0.25, -0.2) is 0 Å². The van der Waals surface area contributed by atoms with Gasteiger partial charge in [0.1, 0.15) is 13.5 Å². The van der Waals surface area contributed by atoms with Crippen molar-refractivity contribution in [3.05, 3.63) is 0 Å². The van der Waals surface area contributed by atoms with Crippen molar-refractivity contribution in [3.8, 4) is 0 Å². The van der Waals surface area contributed by atoms with Crippen LogP contribution in [-0.4, -0.2) is 106 Å². The molecule has 0 aliphatic rings. The molecule has 0 heterocycles. The van der Waals surface area contributed by atoms with Gasteiger partial charge in [0, 0.05) is 13.1 Å². The average Bonchev–Trinajstić information content (AvgIpc) is 2.33. The summed E-state index contributed by atoms with van der Waals surface area (Å²) in [5, 5.41) is 44.4. The standard InChI is InChI=1S/C11H20N2O9/c14-7-22-6-13(5-11(20)21)2-8(15)1-12(3-9(16)17)4-10(18)19/h8,14-15H,1-7H2,(H,16,17)(H,18,19)(H,20,21). The molecule has 0 aliphatic heterocycles. The van der Waals surface area contributed by atoms with Crippen molar-refractivity contribution in [1.29, 1.82) is 0 Å². The van der Waals surface area contributed by atoms with Crippen LogP contribution in [0.4, 0.5) is 0 Å². The third kappa shape index (κ3) is 10.9. The minimum atomic E-state index is -1.25. The first-order chi connectivity index (χ1) is 10.2. The minimum absolute atomic E-state index is 0.192. The topological polar surface area (TPSA) is 168 Å². The lowest BCUT2D eigenvalue weighted by Crippen LogP contribution is -2.45. The predicted octanol–water partition coefficient (Wildman–Crippen LogP) is -2.87. The van der Waals surface area contributed by atoms with Crippen LogP contribution in [0, 0.1) is 0 Å². The van der Waals surface area contributed by atoms with Crippen molar-refractivity contribution in [2.75, 3.05) is 46.2 Å². The fourth-order valence-electron chi connectivity index (χ4n) is 1.75. The third-order valence-electron chi connectivity index (χ3n) is 2.38. The fourth-order valence-corrected chi connectivity index (χ4v) is 1.75. The van der Waals surface area contributed by atoms with Crippen LogP contribution in [0.15, 0.2) is 0 Å². The molecule has 0 aliphatic carbocycles. The first-order valence-electron chi connectivity index (χ1n) is 6.21. The summed E-state index contributed by atoms with van der Waals surface area (Å²) in [5.41, 5.74) is 0. The van der Waals surface area contributed by atoms with Crippen LogP contribution in [0.3, 0.4) is 0 Å². The van der Waals surface area contributed by atoms with E-state index in [2.05, 4.69) is 4.74 Å². The van der Waals surface area contributed by atoms with Crippen LogP contribution in [0.25, 0.3) is 0 Å². The van der Waals surface area contributed by atoms with E-state index in [-0.39, 0.29) is 19.8 Å². The van der Waals surface area contributed by atoms with E-state index in [1.807, 2.05) is 0 Å². The zero-order chi connectivity index (χ0) is 17.1. The summed E-state index contributed by atoms with van der Waals surface area (Å²) in [7, 11) is 0. The minimum Gasteiger partial charge on any atom is -0.480 e. The monoisotopic (exact) mass is 324 g/mol. The SMILES string of the molecule is O=C(O)CN(COCO)CC(O)CN(CC(=O)O)CC(=O)O. The molecule has 0 fully saturated rings. The van der Waals surface area contributed by atoms with E-state index in [4.69, 9.17) is 20.4 Å². The maximum atomic E-state index is 10.7. The second-order valence-electron chi connectivity index (χ2n) is 4.48. The smallest absolute Gasteiger partial charge is 0.317 e. The van der Waals surface area contributed by atoms with Gasteiger partial charge in [-0.1, -0.05) is 0 Å². The number of carbonyl (C=O) groups is 3. The second kappa shape index (κ2) is 10.9. The molecule has 0 aromatic heterocycles. The highest BCUT2D eigenvalue weighted by Gasteiger charge is 2.20. The molecule has 128 valence electrons. The highest BCUT2D eigenvalue weighted by molar-refractivity contribution is 5.72. The van der Waals surface area contributed by atoms with E-state index in [9.17, 15) is 19.5 Å².